The molecule has 0 fully saturated rings. The van der Waals surface area contributed by atoms with Crippen LogP contribution in [-0.4, -0.2) is 58.2 Å². The normalized spacial score (nSPS) is 13.5. The van der Waals surface area contributed by atoms with Crippen molar-refractivity contribution < 1.29 is 24.0 Å². The molecule has 0 atom stereocenters. The number of esters is 1. The summed E-state index contributed by atoms with van der Waals surface area (Å²) in [5, 5.41) is 20.7. The Labute approximate surface area is 253 Å². The van der Waals surface area contributed by atoms with Gasteiger partial charge >= 0.3 is 5.97 Å². The van der Waals surface area contributed by atoms with Crippen LogP contribution in [0.2, 0.25) is 0 Å². The summed E-state index contributed by atoms with van der Waals surface area (Å²) in [6.07, 6.45) is 3.40. The number of ether oxygens (including phenoxy) is 1. The third-order valence-electron chi connectivity index (χ3n) is 7.32. The number of aromatic nitrogens is 1. The fourth-order valence-electron chi connectivity index (χ4n) is 4.64. The molecular formula is C30H34N6O6S. The Morgan fingerprint density at radius 1 is 1.02 bits per heavy atom. The second-order valence-corrected chi connectivity index (χ2v) is 10.9. The number of benzene rings is 2. The highest BCUT2D eigenvalue weighted by Crippen LogP contribution is 2.34. The first-order valence-electron chi connectivity index (χ1n) is 14.2. The summed E-state index contributed by atoms with van der Waals surface area (Å²) in [6, 6.07) is 11.9. The van der Waals surface area contributed by atoms with Crippen LogP contribution < -0.4 is 4.90 Å². The molecule has 0 saturated heterocycles. The maximum Gasteiger partial charge on any atom is 0.307 e. The highest BCUT2D eigenvalue weighted by molar-refractivity contribution is 7.11. The molecule has 0 aliphatic carbocycles. The molecule has 12 nitrogen and oxygen atoms in total. The number of imide groups is 1. The molecule has 4 rings (SSSR count). The molecule has 0 saturated carbocycles. The molecule has 0 radical (unpaired) electrons. The summed E-state index contributed by atoms with van der Waals surface area (Å²) in [7, 11) is 0. The van der Waals surface area contributed by atoms with Crippen molar-refractivity contribution >= 4 is 62.3 Å². The first-order valence-corrected chi connectivity index (χ1v) is 15.0. The van der Waals surface area contributed by atoms with E-state index in [4.69, 9.17) is 4.74 Å². The lowest BCUT2D eigenvalue weighted by Gasteiger charge is -2.22. The lowest BCUT2D eigenvalue weighted by Crippen LogP contribution is -2.32. The third-order valence-corrected chi connectivity index (χ3v) is 8.09. The van der Waals surface area contributed by atoms with E-state index in [1.165, 1.54) is 17.0 Å². The van der Waals surface area contributed by atoms with Gasteiger partial charge in [0.05, 0.1) is 29.2 Å². The van der Waals surface area contributed by atoms with Crippen molar-refractivity contribution in [3.8, 4) is 0 Å². The third kappa shape index (κ3) is 7.86. The van der Waals surface area contributed by atoms with Gasteiger partial charge in [-0.2, -0.15) is 4.37 Å². The largest absolute Gasteiger partial charge is 0.466 e. The van der Waals surface area contributed by atoms with Crippen molar-refractivity contribution in [3.63, 3.8) is 0 Å². The van der Waals surface area contributed by atoms with Crippen molar-refractivity contribution in [1.29, 1.82) is 0 Å². The van der Waals surface area contributed by atoms with Gasteiger partial charge < -0.3 is 9.64 Å². The molecule has 226 valence electrons. The van der Waals surface area contributed by atoms with Crippen molar-refractivity contribution in [1.82, 2.24) is 9.27 Å². The molecule has 0 N–H and O–H groups in total. The number of unbranched alkanes of at least 4 members (excludes halogenated alkanes) is 3. The van der Waals surface area contributed by atoms with Gasteiger partial charge in [-0.15, -0.1) is 10.2 Å². The van der Waals surface area contributed by atoms with E-state index in [9.17, 15) is 24.5 Å². The number of nitrogens with zero attached hydrogens (tertiary/aromatic N) is 6. The van der Waals surface area contributed by atoms with Gasteiger partial charge in [0.25, 0.3) is 17.5 Å². The Morgan fingerprint density at radius 3 is 2.40 bits per heavy atom. The summed E-state index contributed by atoms with van der Waals surface area (Å²) < 4.78 is 9.66. The van der Waals surface area contributed by atoms with Crippen LogP contribution >= 0.6 is 11.5 Å². The Hall–Kier alpha value is -4.52. The first kappa shape index (κ1) is 31.4. The topological polar surface area (TPSA) is 148 Å². The maximum absolute atomic E-state index is 12.3. The number of azo groups is 1. The zero-order valence-electron chi connectivity index (χ0n) is 24.4. The number of fused-ring (bicyclic) bond motifs is 1. The number of non-ortho nitro benzene ring substituents is 1. The van der Waals surface area contributed by atoms with Crippen LogP contribution in [0.5, 0.6) is 0 Å². The molecule has 43 heavy (non-hydrogen) atoms. The standard InChI is InChI=1S/C30H34N6O6S/c1-4-34(17-15-27(37)42-18-8-6-5-7-16-35-29(38)20(2)21(3)30(35)39)23-11-9-22(10-12-23)31-32-28-25-19-24(36(40)41)13-14-26(25)33-43-28/h9-14,19H,4-8,15-18H2,1-3H3. The second kappa shape index (κ2) is 14.6. The molecule has 1 aliphatic rings. The molecule has 13 heteroatoms. The molecule has 0 bridgehead atoms. The van der Waals surface area contributed by atoms with Gasteiger partial charge in [0.1, 0.15) is 0 Å². The average molecular weight is 607 g/mol. The van der Waals surface area contributed by atoms with Gasteiger partial charge in [0, 0.05) is 54.0 Å². The number of amides is 2. The lowest BCUT2D eigenvalue weighted by atomic mass is 10.2. The summed E-state index contributed by atoms with van der Waals surface area (Å²) in [5.74, 6) is -0.654. The summed E-state index contributed by atoms with van der Waals surface area (Å²) >= 11 is 1.13. The monoisotopic (exact) mass is 606 g/mol. The van der Waals surface area contributed by atoms with Crippen LogP contribution in [0.4, 0.5) is 22.1 Å². The van der Waals surface area contributed by atoms with E-state index in [0.717, 1.165) is 42.9 Å². The lowest BCUT2D eigenvalue weighted by molar-refractivity contribution is -0.384. The number of nitro benzene ring substituents is 1. The Kier molecular flexibility index (Phi) is 10.7. The van der Waals surface area contributed by atoms with E-state index in [-0.39, 0.29) is 29.9 Å². The van der Waals surface area contributed by atoms with Crippen LogP contribution in [0.25, 0.3) is 10.9 Å². The van der Waals surface area contributed by atoms with Crippen LogP contribution in [0.15, 0.2) is 63.8 Å². The Balaban J connectivity index is 1.16. The van der Waals surface area contributed by atoms with Crippen LogP contribution in [-0.2, 0) is 19.1 Å². The smallest absolute Gasteiger partial charge is 0.307 e. The average Bonchev–Trinajstić information content (AvgIpc) is 3.50. The number of carbonyl (C=O) groups excluding carboxylic acids is 3. The highest BCUT2D eigenvalue weighted by atomic mass is 32.1. The van der Waals surface area contributed by atoms with E-state index in [1.807, 2.05) is 31.2 Å². The first-order chi connectivity index (χ1) is 20.7. The van der Waals surface area contributed by atoms with Gasteiger partial charge in [-0.05, 0) is 81.9 Å². The highest BCUT2D eigenvalue weighted by Gasteiger charge is 2.32. The van der Waals surface area contributed by atoms with E-state index < -0.39 is 4.92 Å². The quantitative estimate of drug-likeness (QED) is 0.0467. The van der Waals surface area contributed by atoms with Crippen molar-refractivity contribution in [2.24, 2.45) is 10.2 Å². The van der Waals surface area contributed by atoms with Crippen LogP contribution in [0.1, 0.15) is 52.9 Å². The molecule has 0 unspecified atom stereocenters. The van der Waals surface area contributed by atoms with E-state index in [0.29, 0.717) is 59.0 Å². The molecule has 2 aromatic carbocycles. The second-order valence-electron chi connectivity index (χ2n) is 10.1. The Morgan fingerprint density at radius 2 is 1.72 bits per heavy atom. The zero-order valence-corrected chi connectivity index (χ0v) is 25.3. The van der Waals surface area contributed by atoms with Crippen molar-refractivity contribution in [3.05, 3.63) is 63.7 Å². The van der Waals surface area contributed by atoms with Crippen molar-refractivity contribution in [2.75, 3.05) is 31.1 Å². The van der Waals surface area contributed by atoms with Crippen molar-refractivity contribution in [2.45, 2.75) is 52.9 Å². The molecule has 2 heterocycles. The number of nitro groups is 1. The Bertz CT molecular complexity index is 1540. The molecule has 3 aromatic rings. The minimum Gasteiger partial charge on any atom is -0.466 e. The molecule has 2 amide bonds. The summed E-state index contributed by atoms with van der Waals surface area (Å²) in [4.78, 5) is 50.5. The van der Waals surface area contributed by atoms with Crippen LogP contribution in [0.3, 0.4) is 0 Å². The fraction of sp³-hybridized carbons (Fsp3) is 0.400. The van der Waals surface area contributed by atoms with E-state index in [1.54, 1.807) is 19.9 Å². The zero-order chi connectivity index (χ0) is 30.9. The maximum atomic E-state index is 12.3. The summed E-state index contributed by atoms with van der Waals surface area (Å²) in [5.41, 5.74) is 3.21. The van der Waals surface area contributed by atoms with Gasteiger partial charge in [0.15, 0.2) is 5.00 Å². The number of rotatable bonds is 15. The van der Waals surface area contributed by atoms with E-state index in [2.05, 4.69) is 19.5 Å². The number of anilines is 1. The van der Waals surface area contributed by atoms with Crippen LogP contribution in [0, 0.1) is 10.1 Å². The number of carbonyl (C=O) groups is 3. The minimum atomic E-state index is -0.454. The predicted molar refractivity (Wildman–Crippen MR) is 164 cm³/mol. The van der Waals surface area contributed by atoms with Gasteiger partial charge in [0.2, 0.25) is 0 Å². The van der Waals surface area contributed by atoms with Gasteiger partial charge in [-0.1, -0.05) is 6.42 Å². The van der Waals surface area contributed by atoms with Gasteiger partial charge in [-0.3, -0.25) is 29.4 Å². The van der Waals surface area contributed by atoms with E-state index >= 15 is 0 Å². The number of hydrogen-bond donors (Lipinski definition) is 0. The fourth-order valence-corrected chi connectivity index (χ4v) is 5.32. The molecule has 1 aliphatic heterocycles. The molecule has 1 aromatic heterocycles. The predicted octanol–water partition coefficient (Wildman–Crippen LogP) is 6.65. The minimum absolute atomic E-state index is 0.0251. The molecular weight excluding hydrogens is 572 g/mol. The number of hydrogen-bond acceptors (Lipinski definition) is 11. The SMILES string of the molecule is CCN(CCC(=O)OCCCCCCN1C(=O)C(C)=C(C)C1=O)c1ccc(N=Nc2snc3ccc([N+](=O)[O-])cc23)cc1. The van der Waals surface area contributed by atoms with Gasteiger partial charge in [-0.25, -0.2) is 0 Å². The summed E-state index contributed by atoms with van der Waals surface area (Å²) in [6.45, 7) is 7.34. The molecule has 0 spiro atoms.